The summed E-state index contributed by atoms with van der Waals surface area (Å²) in [6.07, 6.45) is -3.05. The zero-order valence-corrected chi connectivity index (χ0v) is 11.0. The number of alkyl halides is 3. The summed E-state index contributed by atoms with van der Waals surface area (Å²) in [7, 11) is 0. The number of pyridine rings is 1. The van der Waals surface area contributed by atoms with E-state index in [9.17, 15) is 13.2 Å². The van der Waals surface area contributed by atoms with E-state index in [0.29, 0.717) is 17.8 Å². The molecular weight excluding hydrogens is 269 g/mol. The van der Waals surface area contributed by atoms with Gasteiger partial charge in [-0.2, -0.15) is 13.2 Å². The van der Waals surface area contributed by atoms with Gasteiger partial charge >= 0.3 is 6.18 Å². The van der Waals surface area contributed by atoms with Crippen LogP contribution in [0.5, 0.6) is 0 Å². The second kappa shape index (κ2) is 5.44. The van der Waals surface area contributed by atoms with Gasteiger partial charge in [-0.15, -0.1) is 0 Å². The molecule has 0 saturated carbocycles. The van der Waals surface area contributed by atoms with E-state index in [0.717, 1.165) is 0 Å². The van der Waals surface area contributed by atoms with Crippen molar-refractivity contribution >= 4 is 5.82 Å². The van der Waals surface area contributed by atoms with Crippen molar-refractivity contribution in [2.45, 2.75) is 20.0 Å². The zero-order valence-electron chi connectivity index (χ0n) is 11.0. The molecule has 0 radical (unpaired) electrons. The third-order valence-electron chi connectivity index (χ3n) is 2.53. The van der Waals surface area contributed by atoms with Gasteiger partial charge in [0.15, 0.2) is 0 Å². The second-order valence-corrected chi connectivity index (χ2v) is 4.18. The van der Waals surface area contributed by atoms with Crippen LogP contribution in [0.3, 0.4) is 0 Å². The fraction of sp³-hybridized carbons (Fsp3) is 0.308. The van der Waals surface area contributed by atoms with Gasteiger partial charge in [-0.05, 0) is 26.0 Å². The van der Waals surface area contributed by atoms with Crippen molar-refractivity contribution in [2.24, 2.45) is 0 Å². The Balaban J connectivity index is 2.54. The van der Waals surface area contributed by atoms with E-state index < -0.39 is 12.0 Å². The number of nitrogens with one attached hydrogen (secondary N) is 1. The van der Waals surface area contributed by atoms with Gasteiger partial charge < -0.3 is 5.32 Å². The van der Waals surface area contributed by atoms with Crippen LogP contribution in [0.25, 0.3) is 11.3 Å². The van der Waals surface area contributed by atoms with Gasteiger partial charge in [0, 0.05) is 30.1 Å². The third-order valence-corrected chi connectivity index (χ3v) is 2.53. The fourth-order valence-corrected chi connectivity index (χ4v) is 1.70. The molecule has 2 aromatic rings. The van der Waals surface area contributed by atoms with E-state index in [1.165, 1.54) is 12.3 Å². The van der Waals surface area contributed by atoms with Crippen molar-refractivity contribution in [3.05, 3.63) is 35.9 Å². The second-order valence-electron chi connectivity index (χ2n) is 4.18. The molecule has 0 amide bonds. The van der Waals surface area contributed by atoms with Crippen molar-refractivity contribution in [3.63, 3.8) is 0 Å². The predicted molar refractivity (Wildman–Crippen MR) is 69.2 cm³/mol. The highest BCUT2D eigenvalue weighted by molar-refractivity contribution is 5.62. The van der Waals surface area contributed by atoms with Gasteiger partial charge in [0.05, 0.1) is 5.69 Å². The van der Waals surface area contributed by atoms with Crippen LogP contribution in [-0.2, 0) is 6.18 Å². The summed E-state index contributed by atoms with van der Waals surface area (Å²) >= 11 is 0. The average Bonchev–Trinajstić information content (AvgIpc) is 2.38. The molecule has 7 heteroatoms. The van der Waals surface area contributed by atoms with Gasteiger partial charge in [0.25, 0.3) is 0 Å². The lowest BCUT2D eigenvalue weighted by Crippen LogP contribution is -2.13. The summed E-state index contributed by atoms with van der Waals surface area (Å²) in [5, 5.41) is 2.78. The molecule has 0 bridgehead atoms. The quantitative estimate of drug-likeness (QED) is 0.938. The Hall–Kier alpha value is -2.18. The summed E-state index contributed by atoms with van der Waals surface area (Å²) in [5.41, 5.74) is 1.50. The molecule has 106 valence electrons. The van der Waals surface area contributed by atoms with Crippen molar-refractivity contribution in [2.75, 3.05) is 11.9 Å². The van der Waals surface area contributed by atoms with Crippen LogP contribution >= 0.6 is 0 Å². The summed E-state index contributed by atoms with van der Waals surface area (Å²) in [4.78, 5) is 11.1. The Bertz CT molecular complexity index is 611. The molecule has 4 nitrogen and oxygen atoms in total. The third kappa shape index (κ3) is 3.23. The molecule has 0 atom stereocenters. The normalized spacial score (nSPS) is 11.4. The summed E-state index contributed by atoms with van der Waals surface area (Å²) in [6, 6.07) is 4.79. The maximum Gasteiger partial charge on any atom is 0.451 e. The maximum atomic E-state index is 12.8. The number of aryl methyl sites for hydroxylation is 1. The number of nitrogens with zero attached hydrogens (tertiary/aromatic N) is 3. The minimum absolute atomic E-state index is 0.152. The number of halogens is 3. The lowest BCUT2D eigenvalue weighted by atomic mass is 10.1. The highest BCUT2D eigenvalue weighted by Crippen LogP contribution is 2.29. The van der Waals surface area contributed by atoms with Crippen LogP contribution in [0, 0.1) is 6.92 Å². The smallest absolute Gasteiger partial charge is 0.370 e. The Labute approximate surface area is 114 Å². The zero-order chi connectivity index (χ0) is 14.8. The molecule has 0 saturated heterocycles. The van der Waals surface area contributed by atoms with Gasteiger partial charge in [-0.3, -0.25) is 4.98 Å². The van der Waals surface area contributed by atoms with E-state index in [1.54, 1.807) is 26.0 Å². The van der Waals surface area contributed by atoms with Gasteiger partial charge in [0.2, 0.25) is 5.82 Å². The average molecular weight is 282 g/mol. The Morgan fingerprint density at radius 3 is 2.55 bits per heavy atom. The molecule has 0 aliphatic rings. The number of anilines is 1. The highest BCUT2D eigenvalue weighted by Gasteiger charge is 2.35. The van der Waals surface area contributed by atoms with Crippen molar-refractivity contribution in [1.29, 1.82) is 0 Å². The molecule has 2 rings (SSSR count). The van der Waals surface area contributed by atoms with Crippen LogP contribution in [0.1, 0.15) is 18.4 Å². The molecular formula is C13H13F3N4. The first-order valence-electron chi connectivity index (χ1n) is 6.03. The van der Waals surface area contributed by atoms with E-state index in [1.807, 2.05) is 0 Å². The molecule has 0 aromatic carbocycles. The van der Waals surface area contributed by atoms with Gasteiger partial charge in [-0.25, -0.2) is 9.97 Å². The Kier molecular flexibility index (Phi) is 3.87. The van der Waals surface area contributed by atoms with Crippen LogP contribution in [-0.4, -0.2) is 21.5 Å². The molecule has 20 heavy (non-hydrogen) atoms. The van der Waals surface area contributed by atoms with Crippen molar-refractivity contribution in [1.82, 2.24) is 15.0 Å². The maximum absolute atomic E-state index is 12.8. The van der Waals surface area contributed by atoms with Crippen LogP contribution in [0.15, 0.2) is 24.4 Å². The lowest BCUT2D eigenvalue weighted by molar-refractivity contribution is -0.144. The first-order chi connectivity index (χ1) is 9.40. The monoisotopic (exact) mass is 282 g/mol. The van der Waals surface area contributed by atoms with Crippen molar-refractivity contribution < 1.29 is 13.2 Å². The van der Waals surface area contributed by atoms with E-state index in [-0.39, 0.29) is 11.5 Å². The molecule has 2 aromatic heterocycles. The van der Waals surface area contributed by atoms with Gasteiger partial charge in [-0.1, -0.05) is 0 Å². The Morgan fingerprint density at radius 2 is 1.95 bits per heavy atom. The molecule has 2 heterocycles. The molecule has 0 aliphatic carbocycles. The molecule has 0 spiro atoms. The van der Waals surface area contributed by atoms with Crippen molar-refractivity contribution in [3.8, 4) is 11.3 Å². The summed E-state index contributed by atoms with van der Waals surface area (Å²) in [6.45, 7) is 4.02. The number of hydrogen-bond acceptors (Lipinski definition) is 4. The Morgan fingerprint density at radius 1 is 1.20 bits per heavy atom. The van der Waals surface area contributed by atoms with Gasteiger partial charge in [0.1, 0.15) is 5.82 Å². The summed E-state index contributed by atoms with van der Waals surface area (Å²) < 4.78 is 38.5. The van der Waals surface area contributed by atoms with E-state index >= 15 is 0 Å². The lowest BCUT2D eigenvalue weighted by Gasteiger charge is -2.11. The topological polar surface area (TPSA) is 50.7 Å². The number of hydrogen-bond donors (Lipinski definition) is 1. The minimum Gasteiger partial charge on any atom is -0.370 e. The number of rotatable bonds is 3. The molecule has 1 N–H and O–H groups in total. The summed E-state index contributed by atoms with van der Waals surface area (Å²) in [5.74, 6) is -1.00. The fourth-order valence-electron chi connectivity index (χ4n) is 1.70. The van der Waals surface area contributed by atoms with Crippen LogP contribution < -0.4 is 5.32 Å². The van der Waals surface area contributed by atoms with Crippen LogP contribution in [0.2, 0.25) is 0 Å². The van der Waals surface area contributed by atoms with E-state index in [2.05, 4.69) is 20.3 Å². The molecule has 0 aliphatic heterocycles. The standard InChI is InChI=1S/C13H13F3N4/c1-3-17-11-7-10(9-4-5-18-8(2)6-9)19-12(20-11)13(14,15)16/h4-7H,3H2,1-2H3,(H,17,19,20). The predicted octanol–water partition coefficient (Wildman–Crippen LogP) is 3.30. The first-order valence-corrected chi connectivity index (χ1v) is 6.03. The molecule has 0 unspecified atom stereocenters. The molecule has 0 fully saturated rings. The van der Waals surface area contributed by atoms with E-state index in [4.69, 9.17) is 0 Å². The number of aromatic nitrogens is 3. The van der Waals surface area contributed by atoms with Crippen LogP contribution in [0.4, 0.5) is 19.0 Å². The minimum atomic E-state index is -4.58. The SMILES string of the molecule is CCNc1cc(-c2ccnc(C)c2)nc(C(F)(F)F)n1. The largest absolute Gasteiger partial charge is 0.451 e. The first kappa shape index (κ1) is 14.2. The highest BCUT2D eigenvalue weighted by atomic mass is 19.4.